The molecule has 1 aromatic carbocycles. The molecular weight excluding hydrogens is 196 g/mol. The normalized spacial score (nSPS) is 11.1. The van der Waals surface area contributed by atoms with Gasteiger partial charge >= 0.3 is 0 Å². The molecule has 0 saturated heterocycles. The van der Waals surface area contributed by atoms with Crippen molar-refractivity contribution in [3.63, 3.8) is 0 Å². The lowest BCUT2D eigenvalue weighted by Crippen LogP contribution is -1.96. The zero-order valence-corrected chi connectivity index (χ0v) is 9.17. The van der Waals surface area contributed by atoms with Gasteiger partial charge in [-0.05, 0) is 37.1 Å². The van der Waals surface area contributed by atoms with E-state index in [0.29, 0.717) is 5.88 Å². The zero-order valence-electron chi connectivity index (χ0n) is 8.42. The molecule has 0 aliphatic carbocycles. The molecule has 0 N–H and O–H groups in total. The Bertz CT molecular complexity index is 460. The highest BCUT2D eigenvalue weighted by Crippen LogP contribution is 2.18. The Labute approximate surface area is 88.5 Å². The number of rotatable bonds is 2. The van der Waals surface area contributed by atoms with Crippen molar-refractivity contribution in [2.75, 3.05) is 5.88 Å². The van der Waals surface area contributed by atoms with E-state index in [0.717, 1.165) is 12.1 Å². The summed E-state index contributed by atoms with van der Waals surface area (Å²) in [5.41, 5.74) is 4.81. The van der Waals surface area contributed by atoms with Gasteiger partial charge in [0.05, 0.1) is 17.4 Å². The van der Waals surface area contributed by atoms with Crippen molar-refractivity contribution < 1.29 is 0 Å². The maximum absolute atomic E-state index is 5.72. The largest absolute Gasteiger partial charge is 0.329 e. The molecule has 0 spiro atoms. The Hall–Kier alpha value is -1.02. The van der Waals surface area contributed by atoms with E-state index in [1.165, 1.54) is 16.6 Å². The molecule has 0 atom stereocenters. The van der Waals surface area contributed by atoms with Crippen LogP contribution in [0.2, 0.25) is 0 Å². The summed E-state index contributed by atoms with van der Waals surface area (Å²) in [6.45, 7) is 5.04. The SMILES string of the molecule is Cc1cc2ncn(CCCl)c2cc1C. The number of hydrogen-bond donors (Lipinski definition) is 0. The van der Waals surface area contributed by atoms with Crippen LogP contribution >= 0.6 is 11.6 Å². The van der Waals surface area contributed by atoms with Gasteiger partial charge in [-0.2, -0.15) is 0 Å². The van der Waals surface area contributed by atoms with Crippen LogP contribution in [0.15, 0.2) is 18.5 Å². The first-order chi connectivity index (χ1) is 6.72. The van der Waals surface area contributed by atoms with Gasteiger partial charge in [-0.3, -0.25) is 0 Å². The first kappa shape index (κ1) is 9.53. The Morgan fingerprint density at radius 3 is 2.71 bits per heavy atom. The number of nitrogens with zero attached hydrogens (tertiary/aromatic N) is 2. The van der Waals surface area contributed by atoms with Gasteiger partial charge in [0.25, 0.3) is 0 Å². The second kappa shape index (κ2) is 3.62. The summed E-state index contributed by atoms with van der Waals surface area (Å²) in [6.07, 6.45) is 1.85. The highest BCUT2D eigenvalue weighted by atomic mass is 35.5. The van der Waals surface area contributed by atoms with Crippen LogP contribution in [-0.2, 0) is 6.54 Å². The third-order valence-electron chi connectivity index (χ3n) is 2.56. The number of hydrogen-bond acceptors (Lipinski definition) is 1. The molecule has 2 nitrogen and oxygen atoms in total. The number of aryl methyl sites for hydroxylation is 3. The molecule has 2 rings (SSSR count). The molecule has 3 heteroatoms. The lowest BCUT2D eigenvalue weighted by molar-refractivity contribution is 0.792. The number of imidazole rings is 1. The van der Waals surface area contributed by atoms with Gasteiger partial charge in [-0.25, -0.2) is 4.98 Å². The van der Waals surface area contributed by atoms with Crippen LogP contribution in [0.5, 0.6) is 0 Å². The number of alkyl halides is 1. The van der Waals surface area contributed by atoms with Crippen LogP contribution < -0.4 is 0 Å². The molecule has 0 saturated carbocycles. The molecule has 0 aliphatic rings. The minimum absolute atomic E-state index is 0.623. The van der Waals surface area contributed by atoms with Crippen LogP contribution in [0.1, 0.15) is 11.1 Å². The summed E-state index contributed by atoms with van der Waals surface area (Å²) in [5, 5.41) is 0. The lowest BCUT2D eigenvalue weighted by Gasteiger charge is -2.03. The molecule has 1 heterocycles. The molecule has 0 bridgehead atoms. The Kier molecular flexibility index (Phi) is 2.46. The molecule has 0 unspecified atom stereocenters. The van der Waals surface area contributed by atoms with Crippen LogP contribution in [0.4, 0.5) is 0 Å². The van der Waals surface area contributed by atoms with Crippen molar-refractivity contribution in [3.05, 3.63) is 29.6 Å². The van der Waals surface area contributed by atoms with Crippen molar-refractivity contribution in [2.45, 2.75) is 20.4 Å². The van der Waals surface area contributed by atoms with Crippen LogP contribution in [0.3, 0.4) is 0 Å². The van der Waals surface area contributed by atoms with E-state index < -0.39 is 0 Å². The number of fused-ring (bicyclic) bond motifs is 1. The minimum Gasteiger partial charge on any atom is -0.329 e. The first-order valence-corrected chi connectivity index (χ1v) is 5.24. The van der Waals surface area contributed by atoms with Crippen LogP contribution in [-0.4, -0.2) is 15.4 Å². The second-order valence-electron chi connectivity index (χ2n) is 3.55. The summed E-state index contributed by atoms with van der Waals surface area (Å²) in [5.74, 6) is 0.623. The molecule has 0 amide bonds. The van der Waals surface area contributed by atoms with Crippen LogP contribution in [0, 0.1) is 13.8 Å². The summed E-state index contributed by atoms with van der Waals surface area (Å²) in [6, 6.07) is 4.29. The van der Waals surface area contributed by atoms with Crippen molar-refractivity contribution >= 4 is 22.6 Å². The average molecular weight is 209 g/mol. The van der Waals surface area contributed by atoms with Gasteiger partial charge in [0, 0.05) is 12.4 Å². The predicted octanol–water partition coefficient (Wildman–Crippen LogP) is 2.89. The quantitative estimate of drug-likeness (QED) is 0.694. The smallest absolute Gasteiger partial charge is 0.0958 e. The Morgan fingerprint density at radius 2 is 2.00 bits per heavy atom. The minimum atomic E-state index is 0.623. The fourth-order valence-electron chi connectivity index (χ4n) is 1.58. The number of halogens is 1. The molecule has 0 fully saturated rings. The van der Waals surface area contributed by atoms with Gasteiger partial charge < -0.3 is 4.57 Å². The Morgan fingerprint density at radius 1 is 1.29 bits per heavy atom. The molecule has 74 valence electrons. The van der Waals surface area contributed by atoms with E-state index in [1.54, 1.807) is 0 Å². The summed E-state index contributed by atoms with van der Waals surface area (Å²) in [7, 11) is 0. The average Bonchev–Trinajstić information content (AvgIpc) is 2.51. The van der Waals surface area contributed by atoms with Gasteiger partial charge in [0.1, 0.15) is 0 Å². The number of benzene rings is 1. The molecule has 0 radical (unpaired) electrons. The predicted molar refractivity (Wildman–Crippen MR) is 59.9 cm³/mol. The summed E-state index contributed by atoms with van der Waals surface area (Å²) < 4.78 is 2.09. The van der Waals surface area contributed by atoms with Crippen LogP contribution in [0.25, 0.3) is 11.0 Å². The highest BCUT2D eigenvalue weighted by molar-refractivity contribution is 6.17. The first-order valence-electron chi connectivity index (χ1n) is 4.70. The fourth-order valence-corrected chi connectivity index (χ4v) is 1.76. The summed E-state index contributed by atoms with van der Waals surface area (Å²) in [4.78, 5) is 4.34. The highest BCUT2D eigenvalue weighted by Gasteiger charge is 2.03. The van der Waals surface area contributed by atoms with Gasteiger partial charge in [-0.1, -0.05) is 0 Å². The third kappa shape index (κ3) is 1.50. The fraction of sp³-hybridized carbons (Fsp3) is 0.364. The van der Waals surface area contributed by atoms with Crippen molar-refractivity contribution in [1.82, 2.24) is 9.55 Å². The maximum Gasteiger partial charge on any atom is 0.0958 e. The van der Waals surface area contributed by atoms with E-state index in [1.807, 2.05) is 6.33 Å². The van der Waals surface area contributed by atoms with E-state index >= 15 is 0 Å². The van der Waals surface area contributed by atoms with E-state index in [-0.39, 0.29) is 0 Å². The molecule has 2 aromatic rings. The topological polar surface area (TPSA) is 17.8 Å². The van der Waals surface area contributed by atoms with Gasteiger partial charge in [0.15, 0.2) is 0 Å². The van der Waals surface area contributed by atoms with Crippen molar-refractivity contribution in [1.29, 1.82) is 0 Å². The van der Waals surface area contributed by atoms with Gasteiger partial charge in [0.2, 0.25) is 0 Å². The van der Waals surface area contributed by atoms with Crippen molar-refractivity contribution in [2.24, 2.45) is 0 Å². The lowest BCUT2D eigenvalue weighted by atomic mass is 10.1. The van der Waals surface area contributed by atoms with Gasteiger partial charge in [-0.15, -0.1) is 11.6 Å². The number of aromatic nitrogens is 2. The van der Waals surface area contributed by atoms with Crippen molar-refractivity contribution in [3.8, 4) is 0 Å². The van der Waals surface area contributed by atoms with E-state index in [2.05, 4.69) is 35.5 Å². The third-order valence-corrected chi connectivity index (χ3v) is 2.73. The molecule has 0 aliphatic heterocycles. The summed E-state index contributed by atoms with van der Waals surface area (Å²) >= 11 is 5.72. The van der Waals surface area contributed by atoms with E-state index in [4.69, 9.17) is 11.6 Å². The zero-order chi connectivity index (χ0) is 10.1. The standard InChI is InChI=1S/C11H13ClN2/c1-8-5-10-11(6-9(8)2)14(4-3-12)7-13-10/h5-7H,3-4H2,1-2H3. The molecule has 1 aromatic heterocycles. The molecular formula is C11H13ClN2. The Balaban J connectivity index is 2.61. The second-order valence-corrected chi connectivity index (χ2v) is 3.93. The molecule has 14 heavy (non-hydrogen) atoms. The maximum atomic E-state index is 5.72. The van der Waals surface area contributed by atoms with E-state index in [9.17, 15) is 0 Å². The monoisotopic (exact) mass is 208 g/mol.